The highest BCUT2D eigenvalue weighted by Crippen LogP contribution is 2.30. The zero-order chi connectivity index (χ0) is 16.2. The molecule has 130 valence electrons. The fourth-order valence-corrected chi connectivity index (χ4v) is 3.83. The van der Waals surface area contributed by atoms with E-state index < -0.39 is 0 Å². The summed E-state index contributed by atoms with van der Waals surface area (Å²) in [7, 11) is 0. The van der Waals surface area contributed by atoms with Gasteiger partial charge in [0, 0.05) is 31.7 Å². The molecule has 0 amide bonds. The summed E-state index contributed by atoms with van der Waals surface area (Å²) in [5, 5.41) is 3.43. The fourth-order valence-electron chi connectivity index (χ4n) is 3.83. The standard InChI is InChI=1S/C19H27N3O2/c1-2-4-17-15(3-1)13-16(14-18(17)19-20-5-6-21-19)24-12-9-22-7-10-23-11-8-22/h13-14H,1-12H2,(H,20,21). The van der Waals surface area contributed by atoms with Crippen molar-refractivity contribution < 1.29 is 9.47 Å². The zero-order valence-corrected chi connectivity index (χ0v) is 14.4. The van der Waals surface area contributed by atoms with Gasteiger partial charge in [0.1, 0.15) is 18.2 Å². The Morgan fingerprint density at radius 3 is 2.88 bits per heavy atom. The van der Waals surface area contributed by atoms with Gasteiger partial charge in [-0.15, -0.1) is 0 Å². The summed E-state index contributed by atoms with van der Waals surface area (Å²) < 4.78 is 11.5. The molecule has 0 bridgehead atoms. The summed E-state index contributed by atoms with van der Waals surface area (Å²) >= 11 is 0. The molecule has 0 spiro atoms. The molecule has 0 saturated carbocycles. The summed E-state index contributed by atoms with van der Waals surface area (Å²) in [6, 6.07) is 4.45. The minimum absolute atomic E-state index is 0.734. The average Bonchev–Trinajstić information content (AvgIpc) is 3.16. The molecule has 5 heteroatoms. The van der Waals surface area contributed by atoms with E-state index in [0.717, 1.165) is 70.6 Å². The van der Waals surface area contributed by atoms with Crippen LogP contribution in [0, 0.1) is 0 Å². The van der Waals surface area contributed by atoms with Gasteiger partial charge in [0.2, 0.25) is 0 Å². The van der Waals surface area contributed by atoms with Gasteiger partial charge in [0.15, 0.2) is 0 Å². The Labute approximate surface area is 144 Å². The highest BCUT2D eigenvalue weighted by Gasteiger charge is 2.20. The second kappa shape index (κ2) is 7.53. The Bertz CT molecular complexity index is 609. The van der Waals surface area contributed by atoms with E-state index in [-0.39, 0.29) is 0 Å². The van der Waals surface area contributed by atoms with E-state index in [1.165, 1.54) is 36.0 Å². The summed E-state index contributed by atoms with van der Waals surface area (Å²) in [5.41, 5.74) is 4.21. The van der Waals surface area contributed by atoms with Crippen LogP contribution in [0.2, 0.25) is 0 Å². The predicted octanol–water partition coefficient (Wildman–Crippen LogP) is 1.63. The van der Waals surface area contributed by atoms with Crippen molar-refractivity contribution in [3.63, 3.8) is 0 Å². The number of nitrogens with zero attached hydrogens (tertiary/aromatic N) is 2. The Hall–Kier alpha value is -1.59. The molecule has 1 saturated heterocycles. The first-order valence-corrected chi connectivity index (χ1v) is 9.27. The average molecular weight is 329 g/mol. The smallest absolute Gasteiger partial charge is 0.128 e. The number of benzene rings is 1. The van der Waals surface area contributed by atoms with E-state index in [4.69, 9.17) is 9.47 Å². The molecule has 0 unspecified atom stereocenters. The number of morpholine rings is 1. The van der Waals surface area contributed by atoms with Crippen molar-refractivity contribution in [3.05, 3.63) is 28.8 Å². The molecule has 2 heterocycles. The molecule has 0 aromatic heterocycles. The molecule has 5 nitrogen and oxygen atoms in total. The lowest BCUT2D eigenvalue weighted by molar-refractivity contribution is 0.0322. The second-order valence-electron chi connectivity index (χ2n) is 6.78. The molecule has 2 aliphatic heterocycles. The summed E-state index contributed by atoms with van der Waals surface area (Å²) in [5.74, 6) is 2.06. The molecule has 3 aliphatic rings. The lowest BCUT2D eigenvalue weighted by Gasteiger charge is -2.26. The van der Waals surface area contributed by atoms with Crippen LogP contribution in [-0.4, -0.2) is 63.3 Å². The molecule has 1 fully saturated rings. The van der Waals surface area contributed by atoms with Gasteiger partial charge in [0.05, 0.1) is 19.8 Å². The third-order valence-electron chi connectivity index (χ3n) is 5.15. The van der Waals surface area contributed by atoms with Crippen LogP contribution in [0.3, 0.4) is 0 Å². The van der Waals surface area contributed by atoms with Crippen LogP contribution in [0.5, 0.6) is 5.75 Å². The predicted molar refractivity (Wildman–Crippen MR) is 95.2 cm³/mol. The Morgan fingerprint density at radius 2 is 2.04 bits per heavy atom. The first-order valence-electron chi connectivity index (χ1n) is 9.27. The Morgan fingerprint density at radius 1 is 1.17 bits per heavy atom. The molecular formula is C19H27N3O2. The highest BCUT2D eigenvalue weighted by atomic mass is 16.5. The number of aryl methyl sites for hydroxylation is 1. The molecule has 24 heavy (non-hydrogen) atoms. The molecular weight excluding hydrogens is 302 g/mol. The number of nitrogens with one attached hydrogen (secondary N) is 1. The van der Waals surface area contributed by atoms with Gasteiger partial charge >= 0.3 is 0 Å². The van der Waals surface area contributed by atoms with Crippen LogP contribution in [0.4, 0.5) is 0 Å². The number of rotatable bonds is 5. The lowest BCUT2D eigenvalue weighted by atomic mass is 9.87. The van der Waals surface area contributed by atoms with Crippen molar-refractivity contribution in [1.29, 1.82) is 0 Å². The largest absolute Gasteiger partial charge is 0.492 e. The van der Waals surface area contributed by atoms with Crippen LogP contribution < -0.4 is 10.1 Å². The maximum atomic E-state index is 6.11. The van der Waals surface area contributed by atoms with Gasteiger partial charge in [-0.1, -0.05) is 0 Å². The topological polar surface area (TPSA) is 46.1 Å². The van der Waals surface area contributed by atoms with Crippen LogP contribution in [0.15, 0.2) is 17.1 Å². The van der Waals surface area contributed by atoms with Crippen LogP contribution in [0.25, 0.3) is 0 Å². The quantitative estimate of drug-likeness (QED) is 0.892. The monoisotopic (exact) mass is 329 g/mol. The normalized spacial score (nSPS) is 21.1. The molecule has 1 aromatic rings. The van der Waals surface area contributed by atoms with E-state index in [2.05, 4.69) is 27.3 Å². The van der Waals surface area contributed by atoms with E-state index in [9.17, 15) is 0 Å². The van der Waals surface area contributed by atoms with Crippen LogP contribution in [0.1, 0.15) is 29.5 Å². The fraction of sp³-hybridized carbons (Fsp3) is 0.632. The lowest BCUT2D eigenvalue weighted by Crippen LogP contribution is -2.38. The number of hydrogen-bond acceptors (Lipinski definition) is 5. The van der Waals surface area contributed by atoms with Crippen molar-refractivity contribution in [2.75, 3.05) is 52.5 Å². The third-order valence-corrected chi connectivity index (χ3v) is 5.15. The van der Waals surface area contributed by atoms with Crippen LogP contribution >= 0.6 is 0 Å². The van der Waals surface area contributed by atoms with Crippen molar-refractivity contribution in [2.45, 2.75) is 25.7 Å². The molecule has 0 radical (unpaired) electrons. The minimum atomic E-state index is 0.734. The number of aliphatic imine (C=N–C) groups is 1. The second-order valence-corrected chi connectivity index (χ2v) is 6.78. The van der Waals surface area contributed by atoms with Gasteiger partial charge < -0.3 is 14.8 Å². The van der Waals surface area contributed by atoms with E-state index in [1.54, 1.807) is 0 Å². The zero-order valence-electron chi connectivity index (χ0n) is 14.4. The third kappa shape index (κ3) is 3.57. The van der Waals surface area contributed by atoms with Crippen molar-refractivity contribution in [1.82, 2.24) is 10.2 Å². The van der Waals surface area contributed by atoms with Crippen molar-refractivity contribution in [3.8, 4) is 5.75 Å². The maximum Gasteiger partial charge on any atom is 0.128 e. The van der Waals surface area contributed by atoms with E-state index >= 15 is 0 Å². The Balaban J connectivity index is 1.47. The van der Waals surface area contributed by atoms with Gasteiger partial charge in [-0.25, -0.2) is 0 Å². The molecule has 1 N–H and O–H groups in total. The number of amidine groups is 1. The SMILES string of the molecule is c1c(OCCN2CCOCC2)cc(C2=NCCN2)c2c1CCCC2. The summed E-state index contributed by atoms with van der Waals surface area (Å²) in [6.07, 6.45) is 4.89. The van der Waals surface area contributed by atoms with Gasteiger partial charge in [-0.3, -0.25) is 9.89 Å². The molecule has 1 aliphatic carbocycles. The summed E-state index contributed by atoms with van der Waals surface area (Å²) in [4.78, 5) is 7.04. The number of fused-ring (bicyclic) bond motifs is 1. The van der Waals surface area contributed by atoms with Gasteiger partial charge in [-0.2, -0.15) is 0 Å². The Kier molecular flexibility index (Phi) is 4.99. The maximum absolute atomic E-state index is 6.11. The molecule has 0 atom stereocenters. The first-order chi connectivity index (χ1) is 11.9. The molecule has 1 aromatic carbocycles. The van der Waals surface area contributed by atoms with Crippen LogP contribution in [-0.2, 0) is 17.6 Å². The minimum Gasteiger partial charge on any atom is -0.492 e. The van der Waals surface area contributed by atoms with Crippen molar-refractivity contribution >= 4 is 5.84 Å². The van der Waals surface area contributed by atoms with Gasteiger partial charge in [-0.05, 0) is 48.9 Å². The molecule has 4 rings (SSSR count). The highest BCUT2D eigenvalue weighted by molar-refractivity contribution is 6.01. The number of ether oxygens (including phenoxy) is 2. The van der Waals surface area contributed by atoms with E-state index in [0.29, 0.717) is 0 Å². The van der Waals surface area contributed by atoms with Gasteiger partial charge in [0.25, 0.3) is 0 Å². The number of hydrogen-bond donors (Lipinski definition) is 1. The van der Waals surface area contributed by atoms with Crippen molar-refractivity contribution in [2.24, 2.45) is 4.99 Å². The van der Waals surface area contributed by atoms with E-state index in [1.807, 2.05) is 0 Å². The first kappa shape index (κ1) is 15.9. The summed E-state index contributed by atoms with van der Waals surface area (Å²) in [6.45, 7) is 7.24.